The molecule has 0 aliphatic rings. The number of nitrogens with one attached hydrogen (secondary N) is 1. The van der Waals surface area contributed by atoms with Gasteiger partial charge in [0.2, 0.25) is 0 Å². The summed E-state index contributed by atoms with van der Waals surface area (Å²) in [4.78, 5) is 3.73. The SMILES string of the molecule is CN=C(NN)c1ccc(Br)c(C(F)(F)F)c1. The highest BCUT2D eigenvalue weighted by molar-refractivity contribution is 9.10. The first kappa shape index (κ1) is 13.0. The molecule has 16 heavy (non-hydrogen) atoms. The second-order valence-electron chi connectivity index (χ2n) is 2.91. The van der Waals surface area contributed by atoms with E-state index in [1.54, 1.807) is 0 Å². The summed E-state index contributed by atoms with van der Waals surface area (Å²) in [6, 6.07) is 3.77. The lowest BCUT2D eigenvalue weighted by molar-refractivity contribution is -0.138. The van der Waals surface area contributed by atoms with E-state index in [4.69, 9.17) is 5.84 Å². The molecular formula is C9H9BrF3N3. The summed E-state index contributed by atoms with van der Waals surface area (Å²) in [5, 5.41) is 0. The number of aliphatic imine (C=N–C) groups is 1. The van der Waals surface area contributed by atoms with Gasteiger partial charge in [-0.3, -0.25) is 4.99 Å². The normalized spacial score (nSPS) is 12.8. The van der Waals surface area contributed by atoms with E-state index in [2.05, 4.69) is 26.3 Å². The maximum atomic E-state index is 12.6. The van der Waals surface area contributed by atoms with Crippen LogP contribution in [-0.2, 0) is 6.18 Å². The van der Waals surface area contributed by atoms with Crippen molar-refractivity contribution in [3.8, 4) is 0 Å². The molecule has 1 aromatic rings. The van der Waals surface area contributed by atoms with Crippen molar-refractivity contribution in [2.45, 2.75) is 6.18 Å². The first-order valence-electron chi connectivity index (χ1n) is 4.20. The van der Waals surface area contributed by atoms with Crippen LogP contribution in [0.2, 0.25) is 0 Å². The summed E-state index contributed by atoms with van der Waals surface area (Å²) in [6.07, 6.45) is -4.41. The molecule has 0 aliphatic carbocycles. The molecule has 0 atom stereocenters. The summed E-state index contributed by atoms with van der Waals surface area (Å²) >= 11 is 2.85. The predicted molar refractivity (Wildman–Crippen MR) is 58.9 cm³/mol. The molecular weight excluding hydrogens is 287 g/mol. The van der Waals surface area contributed by atoms with E-state index in [0.29, 0.717) is 0 Å². The maximum Gasteiger partial charge on any atom is 0.417 e. The molecule has 1 rings (SSSR count). The van der Waals surface area contributed by atoms with Crippen LogP contribution in [0.5, 0.6) is 0 Å². The Bertz CT molecular complexity index is 415. The van der Waals surface area contributed by atoms with Crippen LogP contribution in [0.15, 0.2) is 27.7 Å². The average molecular weight is 296 g/mol. The molecule has 0 fully saturated rings. The van der Waals surface area contributed by atoms with Gasteiger partial charge in [-0.2, -0.15) is 13.2 Å². The van der Waals surface area contributed by atoms with E-state index in [1.165, 1.54) is 19.2 Å². The number of nitrogens with zero attached hydrogens (tertiary/aromatic N) is 1. The zero-order chi connectivity index (χ0) is 12.3. The van der Waals surface area contributed by atoms with Crippen LogP contribution < -0.4 is 11.3 Å². The van der Waals surface area contributed by atoms with E-state index in [1.807, 2.05) is 0 Å². The molecule has 0 saturated heterocycles. The standard InChI is InChI=1S/C9H9BrF3N3/c1-15-8(16-14)5-2-3-7(10)6(4-5)9(11,12)13/h2-4H,14H2,1H3,(H,15,16). The van der Waals surface area contributed by atoms with Crippen molar-refractivity contribution >= 4 is 21.8 Å². The summed E-state index contributed by atoms with van der Waals surface area (Å²) in [6.45, 7) is 0. The number of hydrogen-bond donors (Lipinski definition) is 2. The van der Waals surface area contributed by atoms with Crippen LogP contribution in [0.25, 0.3) is 0 Å². The maximum absolute atomic E-state index is 12.6. The Morgan fingerprint density at radius 2 is 2.06 bits per heavy atom. The average Bonchev–Trinajstić information content (AvgIpc) is 2.20. The van der Waals surface area contributed by atoms with Crippen molar-refractivity contribution in [2.75, 3.05) is 7.05 Å². The minimum absolute atomic E-state index is 0.0174. The molecule has 0 aromatic heterocycles. The summed E-state index contributed by atoms with van der Waals surface area (Å²) < 4.78 is 37.7. The van der Waals surface area contributed by atoms with Crippen molar-refractivity contribution in [3.63, 3.8) is 0 Å². The lowest BCUT2D eigenvalue weighted by atomic mass is 10.1. The van der Waals surface area contributed by atoms with E-state index < -0.39 is 11.7 Å². The third-order valence-electron chi connectivity index (χ3n) is 1.91. The Morgan fingerprint density at radius 3 is 2.50 bits per heavy atom. The summed E-state index contributed by atoms with van der Waals surface area (Å²) in [5.41, 5.74) is 1.75. The molecule has 0 unspecified atom stereocenters. The molecule has 3 N–H and O–H groups in total. The van der Waals surface area contributed by atoms with Crippen molar-refractivity contribution < 1.29 is 13.2 Å². The van der Waals surface area contributed by atoms with Gasteiger partial charge in [0, 0.05) is 17.1 Å². The largest absolute Gasteiger partial charge is 0.417 e. The molecule has 88 valence electrons. The van der Waals surface area contributed by atoms with E-state index in [9.17, 15) is 13.2 Å². The second-order valence-corrected chi connectivity index (χ2v) is 3.76. The van der Waals surface area contributed by atoms with Gasteiger partial charge in [0.05, 0.1) is 5.56 Å². The molecule has 0 aliphatic heterocycles. The minimum atomic E-state index is -4.41. The highest BCUT2D eigenvalue weighted by atomic mass is 79.9. The smallest absolute Gasteiger partial charge is 0.308 e. The number of hydrogen-bond acceptors (Lipinski definition) is 2. The summed E-state index contributed by atoms with van der Waals surface area (Å²) in [7, 11) is 1.44. The van der Waals surface area contributed by atoms with E-state index in [0.717, 1.165) is 6.07 Å². The highest BCUT2D eigenvalue weighted by Gasteiger charge is 2.33. The van der Waals surface area contributed by atoms with Gasteiger partial charge in [0.1, 0.15) is 5.84 Å². The van der Waals surface area contributed by atoms with Gasteiger partial charge in [-0.25, -0.2) is 5.84 Å². The number of benzene rings is 1. The van der Waals surface area contributed by atoms with Gasteiger partial charge >= 0.3 is 6.18 Å². The van der Waals surface area contributed by atoms with Crippen LogP contribution >= 0.6 is 15.9 Å². The lowest BCUT2D eigenvalue weighted by Gasteiger charge is -2.11. The number of hydrazine groups is 1. The fourth-order valence-corrected chi connectivity index (χ4v) is 1.64. The zero-order valence-corrected chi connectivity index (χ0v) is 9.85. The third kappa shape index (κ3) is 2.73. The molecule has 1 aromatic carbocycles. The van der Waals surface area contributed by atoms with Crippen LogP contribution in [0.4, 0.5) is 13.2 Å². The first-order valence-corrected chi connectivity index (χ1v) is 5.00. The van der Waals surface area contributed by atoms with Crippen LogP contribution in [0.1, 0.15) is 11.1 Å². The molecule has 0 heterocycles. The number of rotatable bonds is 1. The van der Waals surface area contributed by atoms with E-state index >= 15 is 0 Å². The van der Waals surface area contributed by atoms with Crippen LogP contribution in [-0.4, -0.2) is 12.9 Å². The molecule has 7 heteroatoms. The Labute approximate surface area is 98.6 Å². The van der Waals surface area contributed by atoms with Crippen molar-refractivity contribution in [1.29, 1.82) is 0 Å². The fourth-order valence-electron chi connectivity index (χ4n) is 1.17. The number of alkyl halides is 3. The highest BCUT2D eigenvalue weighted by Crippen LogP contribution is 2.35. The molecule has 0 saturated carbocycles. The van der Waals surface area contributed by atoms with Crippen LogP contribution in [0, 0.1) is 0 Å². The Balaban J connectivity index is 3.28. The minimum Gasteiger partial charge on any atom is -0.308 e. The van der Waals surface area contributed by atoms with Gasteiger partial charge < -0.3 is 5.43 Å². The Morgan fingerprint density at radius 1 is 1.44 bits per heavy atom. The molecule has 0 radical (unpaired) electrons. The molecule has 3 nitrogen and oxygen atoms in total. The number of amidine groups is 1. The Kier molecular flexibility index (Phi) is 3.93. The molecule has 0 bridgehead atoms. The number of halogens is 4. The first-order chi connectivity index (χ1) is 7.40. The predicted octanol–water partition coefficient (Wildman–Crippen LogP) is 2.31. The molecule has 0 amide bonds. The Hall–Kier alpha value is -1.08. The number of nitrogens with two attached hydrogens (primary N) is 1. The lowest BCUT2D eigenvalue weighted by Crippen LogP contribution is -2.31. The quantitative estimate of drug-likeness (QED) is 0.361. The van der Waals surface area contributed by atoms with Gasteiger partial charge in [-0.05, 0) is 12.1 Å². The summed E-state index contributed by atoms with van der Waals surface area (Å²) in [5.74, 6) is 5.33. The van der Waals surface area contributed by atoms with Gasteiger partial charge in [-0.1, -0.05) is 22.0 Å². The third-order valence-corrected chi connectivity index (χ3v) is 2.60. The zero-order valence-electron chi connectivity index (χ0n) is 8.27. The van der Waals surface area contributed by atoms with Crippen molar-refractivity contribution in [3.05, 3.63) is 33.8 Å². The fraction of sp³-hybridized carbons (Fsp3) is 0.222. The van der Waals surface area contributed by atoms with E-state index in [-0.39, 0.29) is 15.9 Å². The van der Waals surface area contributed by atoms with Gasteiger partial charge in [0.25, 0.3) is 0 Å². The van der Waals surface area contributed by atoms with Gasteiger partial charge in [-0.15, -0.1) is 0 Å². The topological polar surface area (TPSA) is 50.4 Å². The van der Waals surface area contributed by atoms with Gasteiger partial charge in [0.15, 0.2) is 0 Å². The van der Waals surface area contributed by atoms with Crippen molar-refractivity contribution in [1.82, 2.24) is 5.43 Å². The van der Waals surface area contributed by atoms with Crippen LogP contribution in [0.3, 0.4) is 0 Å². The molecule has 0 spiro atoms. The second kappa shape index (κ2) is 4.84. The van der Waals surface area contributed by atoms with Crippen molar-refractivity contribution in [2.24, 2.45) is 10.8 Å². The monoisotopic (exact) mass is 295 g/mol.